The molecule has 1 aliphatic carbocycles. The zero-order valence-electron chi connectivity index (χ0n) is 23.3. The van der Waals surface area contributed by atoms with Crippen molar-refractivity contribution in [3.05, 3.63) is 42.5 Å². The molecule has 9 heteroatoms. The number of rotatable bonds is 9. The van der Waals surface area contributed by atoms with Gasteiger partial charge in [-0.3, -0.25) is 14.3 Å². The normalized spacial score (nSPS) is 19.9. The van der Waals surface area contributed by atoms with Crippen molar-refractivity contribution < 1.29 is 14.0 Å². The van der Waals surface area contributed by atoms with Crippen LogP contribution in [-0.2, 0) is 23.2 Å². The highest BCUT2D eigenvalue weighted by Gasteiger charge is 2.38. The molecule has 0 unspecified atom stereocenters. The summed E-state index contributed by atoms with van der Waals surface area (Å²) in [6, 6.07) is 6.15. The maximum Gasteiger partial charge on any atom is 0.245 e. The first-order valence-electron chi connectivity index (χ1n) is 14.4. The van der Waals surface area contributed by atoms with Crippen molar-refractivity contribution in [2.75, 3.05) is 13.6 Å². The molecule has 1 saturated heterocycles. The first kappa shape index (κ1) is 27.4. The number of halogens is 1. The lowest BCUT2D eigenvalue weighted by Gasteiger charge is -2.35. The second-order valence-electron chi connectivity index (χ2n) is 11.2. The van der Waals surface area contributed by atoms with E-state index in [1.807, 2.05) is 31.0 Å². The van der Waals surface area contributed by atoms with E-state index in [9.17, 15) is 14.0 Å². The third-order valence-electron chi connectivity index (χ3n) is 8.81. The van der Waals surface area contributed by atoms with E-state index in [0.717, 1.165) is 73.7 Å². The second kappa shape index (κ2) is 11.9. The molecule has 210 valence electrons. The molecule has 0 spiro atoms. The molecule has 5 rings (SSSR count). The van der Waals surface area contributed by atoms with Crippen molar-refractivity contribution in [1.82, 2.24) is 29.9 Å². The smallest absolute Gasteiger partial charge is 0.245 e. The van der Waals surface area contributed by atoms with Crippen LogP contribution in [0.25, 0.3) is 22.2 Å². The minimum atomic E-state index is -0.471. The highest BCUT2D eigenvalue weighted by molar-refractivity contribution is 5.95. The molecule has 2 amide bonds. The van der Waals surface area contributed by atoms with Crippen LogP contribution in [-0.4, -0.2) is 62.8 Å². The van der Waals surface area contributed by atoms with Gasteiger partial charge in [-0.05, 0) is 76.3 Å². The Morgan fingerprint density at radius 3 is 2.64 bits per heavy atom. The number of hydrogen-bond acceptors (Lipinski definition) is 4. The van der Waals surface area contributed by atoms with Crippen LogP contribution in [0.3, 0.4) is 0 Å². The van der Waals surface area contributed by atoms with E-state index in [0.29, 0.717) is 6.54 Å². The van der Waals surface area contributed by atoms with E-state index in [-0.39, 0.29) is 35.6 Å². The van der Waals surface area contributed by atoms with Gasteiger partial charge in [-0.25, -0.2) is 4.39 Å². The zero-order valence-corrected chi connectivity index (χ0v) is 23.3. The van der Waals surface area contributed by atoms with Crippen LogP contribution in [0.15, 0.2) is 36.7 Å². The van der Waals surface area contributed by atoms with Gasteiger partial charge in [-0.15, -0.1) is 0 Å². The van der Waals surface area contributed by atoms with Crippen LogP contribution < -0.4 is 10.6 Å². The lowest BCUT2D eigenvalue weighted by atomic mass is 9.83. The number of aryl methyl sites for hydroxylation is 2. The fraction of sp³-hybridized carbons (Fsp3) is 0.567. The van der Waals surface area contributed by atoms with Crippen molar-refractivity contribution >= 4 is 22.7 Å². The van der Waals surface area contributed by atoms with Crippen molar-refractivity contribution in [2.24, 2.45) is 13.0 Å². The van der Waals surface area contributed by atoms with Gasteiger partial charge in [0.1, 0.15) is 11.9 Å². The first-order valence-corrected chi connectivity index (χ1v) is 14.4. The molecule has 2 aliphatic rings. The molecule has 8 nitrogen and oxygen atoms in total. The number of aromatic nitrogens is 3. The molecule has 39 heavy (non-hydrogen) atoms. The summed E-state index contributed by atoms with van der Waals surface area (Å²) in [6.07, 6.45) is 11.9. The minimum Gasteiger partial charge on any atom is -0.347 e. The molecular formula is C30H41FN6O2. The van der Waals surface area contributed by atoms with E-state index in [1.165, 1.54) is 12.5 Å². The summed E-state index contributed by atoms with van der Waals surface area (Å²) in [5.41, 5.74) is 2.85. The van der Waals surface area contributed by atoms with Crippen molar-refractivity contribution in [1.29, 1.82) is 0 Å². The summed E-state index contributed by atoms with van der Waals surface area (Å²) >= 11 is 0. The minimum absolute atomic E-state index is 0.0658. The van der Waals surface area contributed by atoms with Gasteiger partial charge < -0.3 is 20.1 Å². The van der Waals surface area contributed by atoms with Crippen LogP contribution in [0.4, 0.5) is 4.39 Å². The lowest BCUT2D eigenvalue weighted by molar-refractivity contribution is -0.139. The molecule has 1 aromatic carbocycles. The molecule has 1 saturated carbocycles. The van der Waals surface area contributed by atoms with Gasteiger partial charge in [0, 0.05) is 55.0 Å². The molecule has 1 aliphatic heterocycles. The standard InChI is InChI=1S/C30H41FN6O2/c1-20(32-2)29(38)34-28(21-8-5-4-6-9-21)30(39)37-16-7-10-23(37)14-17-36-19-25(26-13-15-33-35(26)3)24-18-22(31)11-12-27(24)36/h11-13,15,18-21,23,28,32H,4-10,14,16-17H2,1-3H3,(H,34,38)/t20-,23-,28-/m0/s1. The second-order valence-corrected chi connectivity index (χ2v) is 11.2. The number of fused-ring (bicyclic) bond motifs is 1. The molecule has 2 N–H and O–H groups in total. The fourth-order valence-electron chi connectivity index (χ4n) is 6.45. The SMILES string of the molecule is CN[C@@H](C)C(=O)N[C@H](C(=O)N1CCC[C@H]1CCn1cc(-c2ccnn2C)c2cc(F)ccc21)C1CCCCC1. The quantitative estimate of drug-likeness (QED) is 0.429. The molecular weight excluding hydrogens is 495 g/mol. The van der Waals surface area contributed by atoms with Crippen LogP contribution in [0.5, 0.6) is 0 Å². The number of benzene rings is 1. The molecule has 3 atom stereocenters. The van der Waals surface area contributed by atoms with Gasteiger partial charge in [0.2, 0.25) is 11.8 Å². The molecule has 3 heterocycles. The topological polar surface area (TPSA) is 84.2 Å². The Morgan fingerprint density at radius 1 is 1.13 bits per heavy atom. The third kappa shape index (κ3) is 5.73. The predicted molar refractivity (Wildman–Crippen MR) is 150 cm³/mol. The monoisotopic (exact) mass is 536 g/mol. The number of likely N-dealkylation sites (N-methyl/N-ethyl adjacent to an activating group) is 1. The summed E-state index contributed by atoms with van der Waals surface area (Å²) in [5, 5.41) is 11.3. The molecule has 2 fully saturated rings. The lowest BCUT2D eigenvalue weighted by Crippen LogP contribution is -2.56. The number of amides is 2. The Bertz CT molecular complexity index is 1310. The van der Waals surface area contributed by atoms with Gasteiger partial charge in [0.15, 0.2) is 0 Å². The van der Waals surface area contributed by atoms with Gasteiger partial charge in [-0.2, -0.15) is 5.10 Å². The summed E-state index contributed by atoms with van der Waals surface area (Å²) in [5.74, 6) is -0.133. The Labute approximate surface area is 229 Å². The highest BCUT2D eigenvalue weighted by Crippen LogP contribution is 2.33. The van der Waals surface area contributed by atoms with E-state index in [4.69, 9.17) is 0 Å². The van der Waals surface area contributed by atoms with Gasteiger partial charge >= 0.3 is 0 Å². The van der Waals surface area contributed by atoms with Crippen molar-refractivity contribution in [3.8, 4) is 11.3 Å². The summed E-state index contributed by atoms with van der Waals surface area (Å²) < 4.78 is 18.2. The van der Waals surface area contributed by atoms with Crippen LogP contribution in [0, 0.1) is 11.7 Å². The van der Waals surface area contributed by atoms with Gasteiger partial charge in [0.05, 0.1) is 11.7 Å². The summed E-state index contributed by atoms with van der Waals surface area (Å²) in [6.45, 7) is 3.26. The Balaban J connectivity index is 1.35. The summed E-state index contributed by atoms with van der Waals surface area (Å²) in [4.78, 5) is 28.8. The number of hydrogen-bond donors (Lipinski definition) is 2. The predicted octanol–water partition coefficient (Wildman–Crippen LogP) is 4.24. The van der Waals surface area contributed by atoms with Crippen LogP contribution in [0.2, 0.25) is 0 Å². The zero-order chi connectivity index (χ0) is 27.5. The number of likely N-dealkylation sites (tertiary alicyclic amines) is 1. The largest absolute Gasteiger partial charge is 0.347 e. The Kier molecular flexibility index (Phi) is 8.35. The molecule has 0 radical (unpaired) electrons. The van der Waals surface area contributed by atoms with Crippen LogP contribution in [0.1, 0.15) is 58.3 Å². The number of carbonyl (C=O) groups excluding carboxylic acids is 2. The van der Waals surface area contributed by atoms with E-state index in [1.54, 1.807) is 24.0 Å². The number of nitrogens with zero attached hydrogens (tertiary/aromatic N) is 4. The van der Waals surface area contributed by atoms with E-state index >= 15 is 0 Å². The Morgan fingerprint density at radius 2 is 1.92 bits per heavy atom. The molecule has 3 aromatic rings. The molecule has 2 aromatic heterocycles. The Hall–Kier alpha value is -3.20. The van der Waals surface area contributed by atoms with Crippen LogP contribution >= 0.6 is 0 Å². The maximum atomic E-state index is 14.2. The maximum absolute atomic E-state index is 14.2. The third-order valence-corrected chi connectivity index (χ3v) is 8.81. The average Bonchev–Trinajstić information content (AvgIpc) is 3.68. The fourth-order valence-corrected chi connectivity index (χ4v) is 6.45. The summed E-state index contributed by atoms with van der Waals surface area (Å²) in [7, 11) is 3.65. The van der Waals surface area contributed by atoms with Crippen molar-refractivity contribution in [3.63, 3.8) is 0 Å². The first-order chi connectivity index (χ1) is 18.9. The number of carbonyl (C=O) groups is 2. The van der Waals surface area contributed by atoms with Gasteiger partial charge in [-0.1, -0.05) is 19.3 Å². The van der Waals surface area contributed by atoms with E-state index < -0.39 is 6.04 Å². The average molecular weight is 537 g/mol. The van der Waals surface area contributed by atoms with E-state index in [2.05, 4.69) is 26.5 Å². The van der Waals surface area contributed by atoms with Crippen molar-refractivity contribution in [2.45, 2.75) is 83.0 Å². The molecule has 0 bridgehead atoms. The highest BCUT2D eigenvalue weighted by atomic mass is 19.1. The van der Waals surface area contributed by atoms with Gasteiger partial charge in [0.25, 0.3) is 0 Å². The number of nitrogens with one attached hydrogen (secondary N) is 2.